The van der Waals surface area contributed by atoms with Gasteiger partial charge in [-0.2, -0.15) is 5.10 Å². The second kappa shape index (κ2) is 4.46. The summed E-state index contributed by atoms with van der Waals surface area (Å²) in [6.45, 7) is 5.95. The molecule has 78 valence electrons. The molecule has 0 saturated heterocycles. The van der Waals surface area contributed by atoms with Crippen LogP contribution in [0.15, 0.2) is 6.20 Å². The number of aryl methyl sites for hydroxylation is 1. The monoisotopic (exact) mass is 215 g/mol. The van der Waals surface area contributed by atoms with Crippen molar-refractivity contribution in [1.82, 2.24) is 9.78 Å². The van der Waals surface area contributed by atoms with Gasteiger partial charge in [0, 0.05) is 17.8 Å². The zero-order chi connectivity index (χ0) is 10.7. The summed E-state index contributed by atoms with van der Waals surface area (Å²) in [4.78, 5) is 11.0. The van der Waals surface area contributed by atoms with Crippen LogP contribution >= 0.6 is 11.6 Å². The minimum absolute atomic E-state index is 0.0476. The number of hydrogen-bond acceptors (Lipinski definition) is 2. The molecule has 5 heteroatoms. The number of carbonyl (C=O) groups is 1. The number of aromatic nitrogens is 2. The van der Waals surface area contributed by atoms with Gasteiger partial charge in [-0.3, -0.25) is 9.48 Å². The van der Waals surface area contributed by atoms with Crippen LogP contribution in [-0.2, 0) is 4.79 Å². The van der Waals surface area contributed by atoms with E-state index in [4.69, 9.17) is 11.6 Å². The van der Waals surface area contributed by atoms with Crippen molar-refractivity contribution in [2.24, 2.45) is 0 Å². The number of anilines is 1. The molecule has 1 amide bonds. The summed E-state index contributed by atoms with van der Waals surface area (Å²) in [5.41, 5.74) is 0.942. The van der Waals surface area contributed by atoms with Crippen molar-refractivity contribution in [3.05, 3.63) is 11.8 Å². The van der Waals surface area contributed by atoms with E-state index >= 15 is 0 Å². The highest BCUT2D eigenvalue weighted by Crippen LogP contribution is 2.14. The van der Waals surface area contributed by atoms with Crippen LogP contribution in [0.4, 0.5) is 5.82 Å². The first-order chi connectivity index (χ1) is 6.54. The molecule has 0 bridgehead atoms. The van der Waals surface area contributed by atoms with Crippen LogP contribution in [0.1, 0.15) is 25.5 Å². The third-order valence-corrected chi connectivity index (χ3v) is 2.07. The summed E-state index contributed by atoms with van der Waals surface area (Å²) in [6.07, 6.45) is 1.90. The Bertz CT molecular complexity index is 333. The number of alkyl halides is 1. The molecule has 0 fully saturated rings. The predicted octanol–water partition coefficient (Wildman–Crippen LogP) is 1.95. The number of nitrogens with one attached hydrogen (secondary N) is 1. The Morgan fingerprint density at radius 3 is 2.79 bits per heavy atom. The quantitative estimate of drug-likeness (QED) is 0.784. The maximum absolute atomic E-state index is 11.0. The minimum Gasteiger partial charge on any atom is -0.308 e. The number of halogens is 1. The van der Waals surface area contributed by atoms with Gasteiger partial charge in [-0.15, -0.1) is 11.6 Å². The maximum atomic E-state index is 11.0. The molecule has 0 aliphatic rings. The molecular weight excluding hydrogens is 202 g/mol. The fourth-order valence-electron chi connectivity index (χ4n) is 1.04. The Balaban J connectivity index is 2.82. The molecule has 0 aromatic carbocycles. The van der Waals surface area contributed by atoms with Crippen LogP contribution in [0, 0.1) is 6.92 Å². The molecule has 0 saturated carbocycles. The average Bonchev–Trinajstić information content (AvgIpc) is 2.48. The van der Waals surface area contributed by atoms with Gasteiger partial charge in [0.05, 0.1) is 0 Å². The van der Waals surface area contributed by atoms with Gasteiger partial charge in [0.25, 0.3) is 0 Å². The first-order valence-electron chi connectivity index (χ1n) is 4.46. The zero-order valence-corrected chi connectivity index (χ0v) is 9.30. The van der Waals surface area contributed by atoms with E-state index in [1.54, 1.807) is 4.68 Å². The van der Waals surface area contributed by atoms with Crippen molar-refractivity contribution in [2.75, 3.05) is 11.2 Å². The number of nitrogens with zero attached hydrogens (tertiary/aromatic N) is 2. The first-order valence-corrected chi connectivity index (χ1v) is 4.99. The SMILES string of the molecule is Cc1cn(C(C)C)nc1NC(=O)CCl. The highest BCUT2D eigenvalue weighted by atomic mass is 35.5. The molecule has 1 N–H and O–H groups in total. The highest BCUT2D eigenvalue weighted by molar-refractivity contribution is 6.29. The van der Waals surface area contributed by atoms with Crippen LogP contribution < -0.4 is 5.32 Å². The lowest BCUT2D eigenvalue weighted by molar-refractivity contribution is -0.113. The van der Waals surface area contributed by atoms with Gasteiger partial charge in [-0.25, -0.2) is 0 Å². The lowest BCUT2D eigenvalue weighted by atomic mass is 10.3. The molecule has 1 aromatic rings. The Morgan fingerprint density at radius 1 is 1.71 bits per heavy atom. The second-order valence-corrected chi connectivity index (χ2v) is 3.68. The highest BCUT2D eigenvalue weighted by Gasteiger charge is 2.09. The maximum Gasteiger partial charge on any atom is 0.240 e. The standard InChI is InChI=1S/C9H14ClN3O/c1-6(2)13-5-7(3)9(12-13)11-8(14)4-10/h5-6H,4H2,1-3H3,(H,11,12,14). The number of carbonyl (C=O) groups excluding carboxylic acids is 1. The van der Waals surface area contributed by atoms with Crippen molar-refractivity contribution in [3.8, 4) is 0 Å². The first kappa shape index (κ1) is 11.0. The van der Waals surface area contributed by atoms with Gasteiger partial charge in [0.15, 0.2) is 5.82 Å². The Labute approximate surface area is 88.2 Å². The Hall–Kier alpha value is -1.03. The molecular formula is C9H14ClN3O. The normalized spacial score (nSPS) is 10.6. The van der Waals surface area contributed by atoms with Crippen LogP contribution in [-0.4, -0.2) is 21.6 Å². The van der Waals surface area contributed by atoms with Crippen molar-refractivity contribution >= 4 is 23.3 Å². The minimum atomic E-state index is -0.233. The molecule has 0 atom stereocenters. The molecule has 0 radical (unpaired) electrons. The Morgan fingerprint density at radius 2 is 2.36 bits per heavy atom. The van der Waals surface area contributed by atoms with E-state index in [-0.39, 0.29) is 17.8 Å². The molecule has 0 unspecified atom stereocenters. The fourth-order valence-corrected chi connectivity index (χ4v) is 1.10. The van der Waals surface area contributed by atoms with E-state index in [1.165, 1.54) is 0 Å². The zero-order valence-electron chi connectivity index (χ0n) is 8.54. The number of rotatable bonds is 3. The summed E-state index contributed by atoms with van der Waals surface area (Å²) in [6, 6.07) is 0.287. The van der Waals surface area contributed by atoms with Gasteiger partial charge in [-0.1, -0.05) is 0 Å². The molecule has 14 heavy (non-hydrogen) atoms. The predicted molar refractivity (Wildman–Crippen MR) is 56.7 cm³/mol. The van der Waals surface area contributed by atoms with Crippen molar-refractivity contribution in [3.63, 3.8) is 0 Å². The van der Waals surface area contributed by atoms with Crippen LogP contribution in [0.25, 0.3) is 0 Å². The fraction of sp³-hybridized carbons (Fsp3) is 0.556. The van der Waals surface area contributed by atoms with E-state index in [2.05, 4.69) is 10.4 Å². The van der Waals surface area contributed by atoms with E-state index in [0.717, 1.165) is 5.56 Å². The van der Waals surface area contributed by atoms with Crippen LogP contribution in [0.2, 0.25) is 0 Å². The van der Waals surface area contributed by atoms with Gasteiger partial charge in [0.1, 0.15) is 5.88 Å². The van der Waals surface area contributed by atoms with Gasteiger partial charge in [-0.05, 0) is 20.8 Å². The van der Waals surface area contributed by atoms with E-state index < -0.39 is 0 Å². The summed E-state index contributed by atoms with van der Waals surface area (Å²) < 4.78 is 1.80. The molecule has 0 spiro atoms. The molecule has 0 aliphatic carbocycles. The summed E-state index contributed by atoms with van der Waals surface area (Å²) in [5, 5.41) is 6.86. The van der Waals surface area contributed by atoms with Crippen LogP contribution in [0.3, 0.4) is 0 Å². The summed E-state index contributed by atoms with van der Waals surface area (Å²) in [7, 11) is 0. The van der Waals surface area contributed by atoms with Gasteiger partial charge < -0.3 is 5.32 Å². The summed E-state index contributed by atoms with van der Waals surface area (Å²) in [5.74, 6) is 0.307. The van der Waals surface area contributed by atoms with Gasteiger partial charge in [0.2, 0.25) is 5.91 Å². The average molecular weight is 216 g/mol. The largest absolute Gasteiger partial charge is 0.308 e. The molecule has 1 heterocycles. The van der Waals surface area contributed by atoms with Crippen LogP contribution in [0.5, 0.6) is 0 Å². The van der Waals surface area contributed by atoms with E-state index in [9.17, 15) is 4.79 Å². The van der Waals surface area contributed by atoms with Crippen molar-refractivity contribution in [2.45, 2.75) is 26.8 Å². The van der Waals surface area contributed by atoms with E-state index in [0.29, 0.717) is 5.82 Å². The third kappa shape index (κ3) is 2.48. The number of amides is 1. The number of hydrogen-bond donors (Lipinski definition) is 1. The lowest BCUT2D eigenvalue weighted by Gasteiger charge is -2.03. The Kier molecular flexibility index (Phi) is 3.52. The molecule has 1 rings (SSSR count). The summed E-state index contributed by atoms with van der Waals surface area (Å²) >= 11 is 5.38. The van der Waals surface area contributed by atoms with Crippen molar-refractivity contribution < 1.29 is 4.79 Å². The van der Waals surface area contributed by atoms with Crippen molar-refractivity contribution in [1.29, 1.82) is 0 Å². The molecule has 4 nitrogen and oxygen atoms in total. The topological polar surface area (TPSA) is 46.9 Å². The van der Waals surface area contributed by atoms with E-state index in [1.807, 2.05) is 27.0 Å². The lowest BCUT2D eigenvalue weighted by Crippen LogP contribution is -2.14. The third-order valence-electron chi connectivity index (χ3n) is 1.82. The second-order valence-electron chi connectivity index (χ2n) is 3.42. The van der Waals surface area contributed by atoms with Gasteiger partial charge >= 0.3 is 0 Å². The molecule has 0 aliphatic heterocycles. The molecule has 1 aromatic heterocycles. The smallest absolute Gasteiger partial charge is 0.240 e.